The van der Waals surface area contributed by atoms with Crippen LogP contribution in [0.1, 0.15) is 42.1 Å². The van der Waals surface area contributed by atoms with Crippen LogP contribution < -0.4 is 9.62 Å². The molecule has 2 aromatic carbocycles. The minimum absolute atomic E-state index is 0.105. The van der Waals surface area contributed by atoms with Crippen molar-refractivity contribution in [3.63, 3.8) is 0 Å². The van der Waals surface area contributed by atoms with E-state index in [1.165, 1.54) is 25.1 Å². The Labute approximate surface area is 177 Å². The maximum atomic E-state index is 12.9. The second kappa shape index (κ2) is 8.83. The molecule has 0 spiro atoms. The van der Waals surface area contributed by atoms with Gasteiger partial charge < -0.3 is 5.32 Å². The topological polar surface area (TPSA) is 110 Å². The number of carbonyl (C=O) groups excluding carboxylic acids is 1. The van der Waals surface area contributed by atoms with Gasteiger partial charge in [0.15, 0.2) is 0 Å². The molecule has 30 heavy (non-hydrogen) atoms. The molecule has 9 heteroatoms. The van der Waals surface area contributed by atoms with E-state index in [1.54, 1.807) is 6.92 Å². The van der Waals surface area contributed by atoms with Crippen LogP contribution in [0.4, 0.5) is 11.4 Å². The lowest BCUT2D eigenvalue weighted by atomic mass is 10.00. The fraction of sp³-hybridized carbons (Fsp3) is 0.381. The smallest absolute Gasteiger partial charge is 0.271 e. The molecule has 0 saturated heterocycles. The molecule has 0 radical (unpaired) electrons. The molecule has 2 rings (SSSR count). The van der Waals surface area contributed by atoms with Gasteiger partial charge in [0.25, 0.3) is 5.69 Å². The lowest BCUT2D eigenvalue weighted by Gasteiger charge is -2.30. The summed E-state index contributed by atoms with van der Waals surface area (Å²) in [6.07, 6.45) is 0.975. The molecule has 0 heterocycles. The van der Waals surface area contributed by atoms with Crippen molar-refractivity contribution in [1.29, 1.82) is 0 Å². The fourth-order valence-corrected chi connectivity index (χ4v) is 4.68. The largest absolute Gasteiger partial charge is 0.348 e. The van der Waals surface area contributed by atoms with Gasteiger partial charge in [-0.05, 0) is 51.3 Å². The molecule has 0 aliphatic rings. The number of hydrogen-bond acceptors (Lipinski definition) is 5. The Kier molecular flexibility index (Phi) is 6.87. The summed E-state index contributed by atoms with van der Waals surface area (Å²) in [6.45, 7) is 8.85. The van der Waals surface area contributed by atoms with Crippen molar-refractivity contribution in [2.24, 2.45) is 0 Å². The van der Waals surface area contributed by atoms with Gasteiger partial charge in [0, 0.05) is 12.1 Å². The Hall–Kier alpha value is -2.94. The summed E-state index contributed by atoms with van der Waals surface area (Å²) < 4.78 is 26.0. The van der Waals surface area contributed by atoms with Crippen LogP contribution in [0.2, 0.25) is 0 Å². The van der Waals surface area contributed by atoms with Crippen molar-refractivity contribution in [2.45, 2.75) is 46.7 Å². The lowest BCUT2D eigenvalue weighted by molar-refractivity contribution is -0.384. The molecule has 0 fully saturated rings. The van der Waals surface area contributed by atoms with Gasteiger partial charge in [-0.15, -0.1) is 0 Å². The number of sulfonamides is 1. The molecule has 8 nitrogen and oxygen atoms in total. The van der Waals surface area contributed by atoms with Crippen LogP contribution in [0, 0.1) is 30.9 Å². The first-order valence-corrected chi connectivity index (χ1v) is 11.3. The fourth-order valence-electron chi connectivity index (χ4n) is 3.45. The molecular formula is C21H27N3O5S. The zero-order chi connectivity index (χ0) is 22.8. The van der Waals surface area contributed by atoms with Crippen molar-refractivity contribution in [1.82, 2.24) is 5.32 Å². The first-order chi connectivity index (χ1) is 13.8. The molecule has 0 saturated carbocycles. The molecule has 2 aromatic rings. The van der Waals surface area contributed by atoms with Crippen LogP contribution in [0.3, 0.4) is 0 Å². The van der Waals surface area contributed by atoms with Gasteiger partial charge in [0.1, 0.15) is 6.04 Å². The first kappa shape index (κ1) is 23.3. The number of nitro benzene ring substituents is 1. The van der Waals surface area contributed by atoms with E-state index in [-0.39, 0.29) is 17.4 Å². The van der Waals surface area contributed by atoms with E-state index in [0.717, 1.165) is 27.3 Å². The summed E-state index contributed by atoms with van der Waals surface area (Å²) in [7, 11) is -3.89. The highest BCUT2D eigenvalue weighted by molar-refractivity contribution is 7.92. The van der Waals surface area contributed by atoms with E-state index < -0.39 is 26.9 Å². The zero-order valence-electron chi connectivity index (χ0n) is 18.0. The first-order valence-electron chi connectivity index (χ1n) is 9.45. The zero-order valence-corrected chi connectivity index (χ0v) is 18.8. The highest BCUT2D eigenvalue weighted by Gasteiger charge is 2.32. The molecule has 0 unspecified atom stereocenters. The van der Waals surface area contributed by atoms with Gasteiger partial charge in [0.2, 0.25) is 15.9 Å². The molecule has 2 atom stereocenters. The predicted molar refractivity (Wildman–Crippen MR) is 117 cm³/mol. The number of nitrogens with one attached hydrogen (secondary N) is 1. The van der Waals surface area contributed by atoms with Crippen molar-refractivity contribution in [2.75, 3.05) is 10.6 Å². The van der Waals surface area contributed by atoms with E-state index in [0.29, 0.717) is 5.56 Å². The maximum Gasteiger partial charge on any atom is 0.271 e. The molecule has 162 valence electrons. The number of hydrogen-bond donors (Lipinski definition) is 1. The summed E-state index contributed by atoms with van der Waals surface area (Å²) >= 11 is 0. The summed E-state index contributed by atoms with van der Waals surface area (Å²) in [5, 5.41) is 14.0. The number of aryl methyl sites for hydroxylation is 3. The van der Waals surface area contributed by atoms with Crippen LogP contribution in [0.25, 0.3) is 0 Å². The van der Waals surface area contributed by atoms with Crippen molar-refractivity contribution in [3.8, 4) is 0 Å². The van der Waals surface area contributed by atoms with Crippen molar-refractivity contribution >= 4 is 27.3 Å². The third kappa shape index (κ3) is 5.15. The van der Waals surface area contributed by atoms with Gasteiger partial charge in [-0.25, -0.2) is 8.42 Å². The molecule has 0 bridgehead atoms. The lowest BCUT2D eigenvalue weighted by Crippen LogP contribution is -2.48. The number of nitro groups is 1. The molecule has 1 amide bonds. The number of amides is 1. The number of anilines is 1. The molecule has 0 aliphatic carbocycles. The van der Waals surface area contributed by atoms with E-state index in [9.17, 15) is 23.3 Å². The summed E-state index contributed by atoms with van der Waals surface area (Å²) in [5.41, 5.74) is 3.42. The Bertz CT molecular complexity index is 1080. The standard InChI is InChI=1S/C21H27N3O5S/c1-13-7-10-19(15(3)11-13)16(4)22-21(25)17(5)23(30(6,28)29)20-12-18(24(26)27)9-8-14(20)2/h7-12,16-17H,1-6H3,(H,22,25)/t16-,17-/m1/s1. The Balaban J connectivity index is 2.38. The third-order valence-corrected chi connectivity index (χ3v) is 6.21. The van der Waals surface area contributed by atoms with E-state index >= 15 is 0 Å². The maximum absolute atomic E-state index is 12.9. The van der Waals surface area contributed by atoms with E-state index in [1.807, 2.05) is 39.0 Å². The molecule has 1 N–H and O–H groups in total. The van der Waals surface area contributed by atoms with Crippen molar-refractivity contribution in [3.05, 3.63) is 68.8 Å². The van der Waals surface area contributed by atoms with Crippen LogP contribution in [0.5, 0.6) is 0 Å². The number of nitrogens with zero attached hydrogens (tertiary/aromatic N) is 2. The summed E-state index contributed by atoms with van der Waals surface area (Å²) in [4.78, 5) is 23.5. The second-order valence-electron chi connectivity index (χ2n) is 7.55. The normalized spacial score (nSPS) is 13.4. The van der Waals surface area contributed by atoms with E-state index in [2.05, 4.69) is 5.32 Å². The number of benzene rings is 2. The third-order valence-electron chi connectivity index (χ3n) is 4.98. The predicted octanol–water partition coefficient (Wildman–Crippen LogP) is 3.55. The monoisotopic (exact) mass is 433 g/mol. The molecule has 0 aliphatic heterocycles. The minimum atomic E-state index is -3.89. The second-order valence-corrected chi connectivity index (χ2v) is 9.41. The average molecular weight is 434 g/mol. The number of non-ortho nitro benzene ring substituents is 1. The average Bonchev–Trinajstić information content (AvgIpc) is 2.61. The molecule has 0 aromatic heterocycles. The van der Waals surface area contributed by atoms with Gasteiger partial charge in [0.05, 0.1) is 22.9 Å². The molecular weight excluding hydrogens is 406 g/mol. The van der Waals surface area contributed by atoms with E-state index in [4.69, 9.17) is 0 Å². The summed E-state index contributed by atoms with van der Waals surface area (Å²) in [6, 6.07) is 8.39. The summed E-state index contributed by atoms with van der Waals surface area (Å²) in [5.74, 6) is -0.501. The van der Waals surface area contributed by atoms with Crippen LogP contribution in [0.15, 0.2) is 36.4 Å². The Morgan fingerprint density at radius 3 is 2.23 bits per heavy atom. The van der Waals surface area contributed by atoms with Gasteiger partial charge in [-0.1, -0.05) is 29.8 Å². The highest BCUT2D eigenvalue weighted by Crippen LogP contribution is 2.29. The Morgan fingerprint density at radius 2 is 1.70 bits per heavy atom. The van der Waals surface area contributed by atoms with Gasteiger partial charge >= 0.3 is 0 Å². The van der Waals surface area contributed by atoms with Crippen LogP contribution >= 0.6 is 0 Å². The number of rotatable bonds is 7. The minimum Gasteiger partial charge on any atom is -0.348 e. The van der Waals surface area contributed by atoms with Crippen LogP contribution in [-0.4, -0.2) is 31.5 Å². The Morgan fingerprint density at radius 1 is 1.07 bits per heavy atom. The van der Waals surface area contributed by atoms with Crippen LogP contribution in [-0.2, 0) is 14.8 Å². The number of carbonyl (C=O) groups is 1. The van der Waals surface area contributed by atoms with Gasteiger partial charge in [-0.2, -0.15) is 0 Å². The van der Waals surface area contributed by atoms with Crippen molar-refractivity contribution < 1.29 is 18.1 Å². The van der Waals surface area contributed by atoms with Gasteiger partial charge in [-0.3, -0.25) is 19.2 Å². The SMILES string of the molecule is Cc1ccc([C@@H](C)NC(=O)[C@@H](C)N(c2cc([N+](=O)[O-])ccc2C)S(C)(=O)=O)c(C)c1. The highest BCUT2D eigenvalue weighted by atomic mass is 32.2. The quantitative estimate of drug-likeness (QED) is 0.530.